The fourth-order valence-electron chi connectivity index (χ4n) is 2.16. The lowest BCUT2D eigenvalue weighted by atomic mass is 10.1. The number of rotatable bonds is 3. The van der Waals surface area contributed by atoms with Crippen LogP contribution in [0.1, 0.15) is 24.2 Å². The number of aromatic carboxylic acids is 1. The van der Waals surface area contributed by atoms with Gasteiger partial charge in [0.15, 0.2) is 0 Å². The van der Waals surface area contributed by atoms with E-state index in [1.165, 1.54) is 22.5 Å². The molecule has 1 aromatic carbocycles. The van der Waals surface area contributed by atoms with Crippen LogP contribution in [-0.4, -0.2) is 49.1 Å². The molecule has 1 heterocycles. The van der Waals surface area contributed by atoms with E-state index in [9.17, 15) is 13.2 Å². The zero-order valence-corrected chi connectivity index (χ0v) is 14.1. The van der Waals surface area contributed by atoms with Crippen molar-refractivity contribution in [2.75, 3.05) is 19.7 Å². The van der Waals surface area contributed by atoms with E-state index in [-0.39, 0.29) is 28.0 Å². The minimum absolute atomic E-state index is 0.0307. The average molecular weight is 378 g/mol. The molecule has 1 fully saturated rings. The summed E-state index contributed by atoms with van der Waals surface area (Å²) in [6.45, 7) is 4.52. The first-order valence-corrected chi connectivity index (χ1v) is 8.54. The minimum Gasteiger partial charge on any atom is -0.478 e. The number of morpholine rings is 1. The average Bonchev–Trinajstić information content (AvgIpc) is 2.36. The number of hydrogen-bond donors (Lipinski definition) is 1. The van der Waals surface area contributed by atoms with Crippen LogP contribution in [0, 0.1) is 0 Å². The Morgan fingerprint density at radius 1 is 1.43 bits per heavy atom. The fourth-order valence-corrected chi connectivity index (χ4v) is 4.77. The highest BCUT2D eigenvalue weighted by Crippen LogP contribution is 2.29. The first kappa shape index (κ1) is 16.4. The van der Waals surface area contributed by atoms with Gasteiger partial charge in [0.05, 0.1) is 22.7 Å². The van der Waals surface area contributed by atoms with E-state index in [2.05, 4.69) is 15.9 Å². The van der Waals surface area contributed by atoms with E-state index in [4.69, 9.17) is 9.84 Å². The normalized spacial score (nSPS) is 19.4. The molecule has 8 heteroatoms. The van der Waals surface area contributed by atoms with Gasteiger partial charge in [0.25, 0.3) is 0 Å². The van der Waals surface area contributed by atoms with Gasteiger partial charge in [0.1, 0.15) is 0 Å². The molecular weight excluding hydrogens is 362 g/mol. The van der Waals surface area contributed by atoms with Crippen LogP contribution in [0.25, 0.3) is 0 Å². The molecule has 0 saturated carbocycles. The van der Waals surface area contributed by atoms with E-state index >= 15 is 0 Å². The molecule has 1 N–H and O–H groups in total. The van der Waals surface area contributed by atoms with E-state index < -0.39 is 21.6 Å². The molecule has 0 spiro atoms. The molecule has 1 aliphatic heterocycles. The van der Waals surface area contributed by atoms with E-state index in [1.807, 2.05) is 13.8 Å². The molecule has 0 unspecified atom stereocenters. The summed E-state index contributed by atoms with van der Waals surface area (Å²) < 4.78 is 32.5. The van der Waals surface area contributed by atoms with Crippen molar-refractivity contribution in [3.63, 3.8) is 0 Å². The molecular formula is C13H16BrNO5S. The maximum Gasteiger partial charge on any atom is 0.335 e. The Labute approximate surface area is 131 Å². The largest absolute Gasteiger partial charge is 0.478 e. The lowest BCUT2D eigenvalue weighted by molar-refractivity contribution is -0.0640. The van der Waals surface area contributed by atoms with Gasteiger partial charge in [-0.25, -0.2) is 13.2 Å². The standard InChI is InChI=1S/C13H16BrNO5S/c1-13(2)8-15(5-6-20-13)21(18,19)11-4-3-9(12(16)17)7-10(11)14/h3-4,7H,5-6,8H2,1-2H3,(H,16,17). The molecule has 0 atom stereocenters. The Hall–Kier alpha value is -0.960. The van der Waals surface area contributed by atoms with Gasteiger partial charge in [-0.3, -0.25) is 0 Å². The van der Waals surface area contributed by atoms with Crippen molar-refractivity contribution in [2.24, 2.45) is 0 Å². The van der Waals surface area contributed by atoms with E-state index in [1.54, 1.807) is 0 Å². The summed E-state index contributed by atoms with van der Waals surface area (Å²) in [5.74, 6) is -1.10. The lowest BCUT2D eigenvalue weighted by Gasteiger charge is -2.37. The second-order valence-electron chi connectivity index (χ2n) is 5.40. The van der Waals surface area contributed by atoms with Crippen LogP contribution in [0.2, 0.25) is 0 Å². The Morgan fingerprint density at radius 3 is 2.62 bits per heavy atom. The lowest BCUT2D eigenvalue weighted by Crippen LogP contribution is -2.50. The number of carboxylic acid groups (broad SMARTS) is 1. The Balaban J connectivity index is 2.38. The summed E-state index contributed by atoms with van der Waals surface area (Å²) >= 11 is 3.15. The molecule has 0 aromatic heterocycles. The fraction of sp³-hybridized carbons (Fsp3) is 0.462. The Kier molecular flexibility index (Phi) is 4.44. The molecule has 1 aliphatic rings. The van der Waals surface area contributed by atoms with E-state index in [0.717, 1.165) is 0 Å². The smallest absolute Gasteiger partial charge is 0.335 e. The van der Waals surface area contributed by atoms with Gasteiger partial charge in [-0.2, -0.15) is 4.31 Å². The molecule has 0 bridgehead atoms. The maximum atomic E-state index is 12.7. The summed E-state index contributed by atoms with van der Waals surface area (Å²) in [4.78, 5) is 11.0. The van der Waals surface area contributed by atoms with Crippen LogP contribution in [0.3, 0.4) is 0 Å². The van der Waals surface area contributed by atoms with Crippen molar-refractivity contribution in [3.05, 3.63) is 28.2 Å². The van der Waals surface area contributed by atoms with Crippen molar-refractivity contribution in [1.82, 2.24) is 4.31 Å². The van der Waals surface area contributed by atoms with Gasteiger partial charge in [-0.05, 0) is 48.0 Å². The molecule has 2 rings (SSSR count). The topological polar surface area (TPSA) is 83.9 Å². The molecule has 6 nitrogen and oxygen atoms in total. The SMILES string of the molecule is CC1(C)CN(S(=O)(=O)c2ccc(C(=O)O)cc2Br)CCO1. The Morgan fingerprint density at radius 2 is 2.10 bits per heavy atom. The predicted molar refractivity (Wildman–Crippen MR) is 79.9 cm³/mol. The second kappa shape index (κ2) is 5.68. The van der Waals surface area contributed by atoms with Gasteiger partial charge >= 0.3 is 5.97 Å². The minimum atomic E-state index is -3.69. The molecule has 0 aliphatic carbocycles. The number of sulfonamides is 1. The van der Waals surface area contributed by atoms with Crippen molar-refractivity contribution >= 4 is 31.9 Å². The first-order chi connectivity index (χ1) is 9.63. The summed E-state index contributed by atoms with van der Waals surface area (Å²) in [5.41, 5.74) is -0.512. The van der Waals surface area contributed by atoms with Crippen molar-refractivity contribution < 1.29 is 23.1 Å². The van der Waals surface area contributed by atoms with Crippen LogP contribution in [-0.2, 0) is 14.8 Å². The molecule has 0 amide bonds. The highest BCUT2D eigenvalue weighted by Gasteiger charge is 2.35. The van der Waals surface area contributed by atoms with Gasteiger partial charge in [0, 0.05) is 17.6 Å². The number of carbonyl (C=O) groups is 1. The third-order valence-corrected chi connectivity index (χ3v) is 6.01. The highest BCUT2D eigenvalue weighted by molar-refractivity contribution is 9.10. The number of halogens is 1. The number of nitrogens with zero attached hydrogens (tertiary/aromatic N) is 1. The quantitative estimate of drug-likeness (QED) is 0.869. The van der Waals surface area contributed by atoms with E-state index in [0.29, 0.717) is 6.61 Å². The Bertz CT molecular complexity index is 671. The predicted octanol–water partition coefficient (Wildman–Crippen LogP) is 1.95. The summed E-state index contributed by atoms with van der Waals surface area (Å²) in [6, 6.07) is 3.89. The zero-order chi connectivity index (χ0) is 15.8. The number of benzene rings is 1. The van der Waals surface area contributed by atoms with Crippen LogP contribution >= 0.6 is 15.9 Å². The van der Waals surface area contributed by atoms with Crippen molar-refractivity contribution in [1.29, 1.82) is 0 Å². The van der Waals surface area contributed by atoms with Gasteiger partial charge in [-0.1, -0.05) is 0 Å². The number of carboxylic acids is 1. The monoisotopic (exact) mass is 377 g/mol. The second-order valence-corrected chi connectivity index (χ2v) is 8.16. The third kappa shape index (κ3) is 3.45. The molecule has 116 valence electrons. The highest BCUT2D eigenvalue weighted by atomic mass is 79.9. The number of hydrogen-bond acceptors (Lipinski definition) is 4. The van der Waals surface area contributed by atoms with Crippen LogP contribution in [0.5, 0.6) is 0 Å². The van der Waals surface area contributed by atoms with Crippen LogP contribution in [0.15, 0.2) is 27.6 Å². The molecule has 1 aromatic rings. The summed E-state index contributed by atoms with van der Waals surface area (Å²) in [7, 11) is -3.69. The first-order valence-electron chi connectivity index (χ1n) is 6.30. The molecule has 1 saturated heterocycles. The summed E-state index contributed by atoms with van der Waals surface area (Å²) in [6.07, 6.45) is 0. The van der Waals surface area contributed by atoms with Crippen molar-refractivity contribution in [2.45, 2.75) is 24.3 Å². The molecule has 0 radical (unpaired) electrons. The third-order valence-electron chi connectivity index (χ3n) is 3.19. The van der Waals surface area contributed by atoms with Gasteiger partial charge < -0.3 is 9.84 Å². The van der Waals surface area contributed by atoms with Gasteiger partial charge in [0.2, 0.25) is 10.0 Å². The zero-order valence-electron chi connectivity index (χ0n) is 11.7. The van der Waals surface area contributed by atoms with Crippen molar-refractivity contribution in [3.8, 4) is 0 Å². The van der Waals surface area contributed by atoms with Crippen LogP contribution in [0.4, 0.5) is 0 Å². The molecule has 21 heavy (non-hydrogen) atoms. The maximum absolute atomic E-state index is 12.7. The van der Waals surface area contributed by atoms with Gasteiger partial charge in [-0.15, -0.1) is 0 Å². The van der Waals surface area contributed by atoms with Crippen LogP contribution < -0.4 is 0 Å². The number of ether oxygens (including phenoxy) is 1. The summed E-state index contributed by atoms with van der Waals surface area (Å²) in [5, 5.41) is 8.92.